The molecule has 19 heavy (non-hydrogen) atoms. The van der Waals surface area contributed by atoms with Gasteiger partial charge in [0.15, 0.2) is 0 Å². The largest absolute Gasteiger partial charge is 0.373 e. The third kappa shape index (κ3) is 4.59. The molecule has 1 aliphatic carbocycles. The minimum absolute atomic E-state index is 0.159. The lowest BCUT2D eigenvalue weighted by Crippen LogP contribution is -2.12. The standard InChI is InChI=1S/C16H24FNO/c1-18-11-13-8-9-16(17)14(10-13)12-19-15-6-4-2-3-5-7-15/h8-10,15,18H,2-7,11-12H2,1H3. The Hall–Kier alpha value is -0.930. The van der Waals surface area contributed by atoms with Crippen LogP contribution in [0.4, 0.5) is 4.39 Å². The Morgan fingerprint density at radius 2 is 1.95 bits per heavy atom. The summed E-state index contributed by atoms with van der Waals surface area (Å²) in [6, 6.07) is 5.27. The summed E-state index contributed by atoms with van der Waals surface area (Å²) in [7, 11) is 1.89. The zero-order valence-corrected chi connectivity index (χ0v) is 11.8. The predicted molar refractivity (Wildman–Crippen MR) is 75.4 cm³/mol. The lowest BCUT2D eigenvalue weighted by Gasteiger charge is -2.16. The van der Waals surface area contributed by atoms with Gasteiger partial charge >= 0.3 is 0 Å². The molecule has 0 aliphatic heterocycles. The van der Waals surface area contributed by atoms with Gasteiger partial charge < -0.3 is 10.1 Å². The highest BCUT2D eigenvalue weighted by atomic mass is 19.1. The fourth-order valence-corrected chi connectivity index (χ4v) is 2.67. The van der Waals surface area contributed by atoms with Crippen molar-refractivity contribution in [3.05, 3.63) is 35.1 Å². The van der Waals surface area contributed by atoms with Gasteiger partial charge in [-0.05, 0) is 37.6 Å². The minimum atomic E-state index is -0.159. The molecule has 0 bridgehead atoms. The second-order valence-electron chi connectivity index (χ2n) is 5.38. The Balaban J connectivity index is 1.91. The molecule has 0 amide bonds. The fourth-order valence-electron chi connectivity index (χ4n) is 2.67. The van der Waals surface area contributed by atoms with Crippen LogP contribution in [0.15, 0.2) is 18.2 Å². The second kappa shape index (κ2) is 7.61. The van der Waals surface area contributed by atoms with Gasteiger partial charge in [0.05, 0.1) is 12.7 Å². The summed E-state index contributed by atoms with van der Waals surface area (Å²) in [5.41, 5.74) is 1.78. The molecule has 0 aromatic heterocycles. The highest BCUT2D eigenvalue weighted by Crippen LogP contribution is 2.21. The van der Waals surface area contributed by atoms with Crippen molar-refractivity contribution in [3.8, 4) is 0 Å². The summed E-state index contributed by atoms with van der Waals surface area (Å²) < 4.78 is 19.6. The van der Waals surface area contributed by atoms with E-state index in [0.717, 1.165) is 24.9 Å². The van der Waals surface area contributed by atoms with Crippen LogP contribution >= 0.6 is 0 Å². The maximum atomic E-state index is 13.7. The van der Waals surface area contributed by atoms with Gasteiger partial charge in [-0.3, -0.25) is 0 Å². The lowest BCUT2D eigenvalue weighted by atomic mass is 10.1. The van der Waals surface area contributed by atoms with E-state index < -0.39 is 0 Å². The van der Waals surface area contributed by atoms with E-state index in [1.165, 1.54) is 25.7 Å². The number of hydrogen-bond acceptors (Lipinski definition) is 2. The molecule has 3 heteroatoms. The molecule has 1 saturated carbocycles. The summed E-state index contributed by atoms with van der Waals surface area (Å²) in [5, 5.41) is 3.08. The maximum Gasteiger partial charge on any atom is 0.128 e. The van der Waals surface area contributed by atoms with Gasteiger partial charge in [-0.25, -0.2) is 4.39 Å². The molecule has 0 saturated heterocycles. The predicted octanol–water partition coefficient (Wildman–Crippen LogP) is 3.78. The molecule has 106 valence electrons. The molecular weight excluding hydrogens is 241 g/mol. The first-order valence-corrected chi connectivity index (χ1v) is 7.33. The van der Waals surface area contributed by atoms with Crippen LogP contribution in [0.1, 0.15) is 49.7 Å². The van der Waals surface area contributed by atoms with Crippen LogP contribution in [-0.2, 0) is 17.9 Å². The Morgan fingerprint density at radius 1 is 1.21 bits per heavy atom. The smallest absolute Gasteiger partial charge is 0.128 e. The molecule has 0 atom stereocenters. The van der Waals surface area contributed by atoms with Gasteiger partial charge in [0.1, 0.15) is 5.82 Å². The molecule has 1 aromatic carbocycles. The molecule has 1 aromatic rings. The van der Waals surface area contributed by atoms with E-state index in [1.807, 2.05) is 19.2 Å². The monoisotopic (exact) mass is 265 g/mol. The lowest BCUT2D eigenvalue weighted by molar-refractivity contribution is 0.0295. The normalized spacial score (nSPS) is 17.4. The molecule has 0 heterocycles. The highest BCUT2D eigenvalue weighted by Gasteiger charge is 2.13. The first-order valence-electron chi connectivity index (χ1n) is 7.33. The fraction of sp³-hybridized carbons (Fsp3) is 0.625. The molecule has 1 N–H and O–H groups in total. The van der Waals surface area contributed by atoms with E-state index in [0.29, 0.717) is 18.3 Å². The number of benzene rings is 1. The maximum absolute atomic E-state index is 13.7. The van der Waals surface area contributed by atoms with E-state index in [9.17, 15) is 4.39 Å². The third-order valence-electron chi connectivity index (χ3n) is 3.77. The Labute approximate surface area is 115 Å². The van der Waals surface area contributed by atoms with Crippen LogP contribution in [0.25, 0.3) is 0 Å². The summed E-state index contributed by atoms with van der Waals surface area (Å²) in [5.74, 6) is -0.159. The van der Waals surface area contributed by atoms with Crippen molar-refractivity contribution in [2.24, 2.45) is 0 Å². The van der Waals surface area contributed by atoms with Crippen LogP contribution in [0, 0.1) is 5.82 Å². The van der Waals surface area contributed by atoms with Crippen LogP contribution in [-0.4, -0.2) is 13.2 Å². The molecule has 0 unspecified atom stereocenters. The van der Waals surface area contributed by atoms with Crippen molar-refractivity contribution in [1.29, 1.82) is 0 Å². The molecule has 2 rings (SSSR count). The molecule has 0 spiro atoms. The molecule has 1 aliphatic rings. The number of ether oxygens (including phenoxy) is 1. The average Bonchev–Trinajstić information content (AvgIpc) is 2.68. The van der Waals surface area contributed by atoms with Crippen molar-refractivity contribution < 1.29 is 9.13 Å². The van der Waals surface area contributed by atoms with E-state index in [2.05, 4.69) is 5.32 Å². The van der Waals surface area contributed by atoms with Crippen LogP contribution in [0.5, 0.6) is 0 Å². The van der Waals surface area contributed by atoms with Crippen molar-refractivity contribution in [1.82, 2.24) is 5.32 Å². The summed E-state index contributed by atoms with van der Waals surface area (Å²) >= 11 is 0. The number of nitrogens with one attached hydrogen (secondary N) is 1. The van der Waals surface area contributed by atoms with Crippen molar-refractivity contribution >= 4 is 0 Å². The highest BCUT2D eigenvalue weighted by molar-refractivity contribution is 5.24. The Bertz CT molecular complexity index is 386. The van der Waals surface area contributed by atoms with E-state index >= 15 is 0 Å². The van der Waals surface area contributed by atoms with E-state index in [4.69, 9.17) is 4.74 Å². The van der Waals surface area contributed by atoms with Crippen molar-refractivity contribution in [3.63, 3.8) is 0 Å². The molecule has 0 radical (unpaired) electrons. The number of hydrogen-bond donors (Lipinski definition) is 1. The zero-order chi connectivity index (χ0) is 13.5. The third-order valence-corrected chi connectivity index (χ3v) is 3.77. The van der Waals surface area contributed by atoms with Gasteiger partial charge in [-0.2, -0.15) is 0 Å². The SMILES string of the molecule is CNCc1ccc(F)c(COC2CCCCCC2)c1. The summed E-state index contributed by atoms with van der Waals surface area (Å²) in [6.45, 7) is 1.16. The molecule has 1 fully saturated rings. The van der Waals surface area contributed by atoms with Gasteiger partial charge in [0.2, 0.25) is 0 Å². The van der Waals surface area contributed by atoms with E-state index in [1.54, 1.807) is 6.07 Å². The quantitative estimate of drug-likeness (QED) is 0.818. The second-order valence-corrected chi connectivity index (χ2v) is 5.38. The Kier molecular flexibility index (Phi) is 5.80. The number of rotatable bonds is 5. The van der Waals surface area contributed by atoms with Crippen molar-refractivity contribution in [2.45, 2.75) is 57.8 Å². The average molecular weight is 265 g/mol. The molecule has 2 nitrogen and oxygen atoms in total. The van der Waals surface area contributed by atoms with Crippen LogP contribution in [0.3, 0.4) is 0 Å². The van der Waals surface area contributed by atoms with E-state index in [-0.39, 0.29) is 5.82 Å². The van der Waals surface area contributed by atoms with Crippen LogP contribution in [0.2, 0.25) is 0 Å². The van der Waals surface area contributed by atoms with Gasteiger partial charge in [-0.15, -0.1) is 0 Å². The topological polar surface area (TPSA) is 21.3 Å². The first-order chi connectivity index (χ1) is 9.29. The van der Waals surface area contributed by atoms with Crippen molar-refractivity contribution in [2.75, 3.05) is 7.05 Å². The van der Waals surface area contributed by atoms with Crippen LogP contribution < -0.4 is 5.32 Å². The summed E-state index contributed by atoms with van der Waals surface area (Å²) in [6.07, 6.45) is 7.67. The molecular formula is C16H24FNO. The first kappa shape index (κ1) is 14.5. The van der Waals surface area contributed by atoms with Gasteiger partial charge in [-0.1, -0.05) is 31.7 Å². The number of halogens is 1. The minimum Gasteiger partial charge on any atom is -0.373 e. The zero-order valence-electron chi connectivity index (χ0n) is 11.8. The van der Waals surface area contributed by atoms with Gasteiger partial charge in [0, 0.05) is 12.1 Å². The van der Waals surface area contributed by atoms with Gasteiger partial charge in [0.25, 0.3) is 0 Å². The summed E-state index contributed by atoms with van der Waals surface area (Å²) in [4.78, 5) is 0. The Morgan fingerprint density at radius 3 is 2.63 bits per heavy atom.